The molecule has 0 amide bonds. The zero-order valence-corrected chi connectivity index (χ0v) is 12.0. The van der Waals surface area contributed by atoms with Gasteiger partial charge in [0.25, 0.3) is 0 Å². The first-order chi connectivity index (χ1) is 8.99. The van der Waals surface area contributed by atoms with Gasteiger partial charge in [0.05, 0.1) is 11.1 Å². The van der Waals surface area contributed by atoms with Crippen LogP contribution in [0.1, 0.15) is 17.2 Å². The summed E-state index contributed by atoms with van der Waals surface area (Å²) >= 11 is 8.81. The van der Waals surface area contributed by atoms with Crippen LogP contribution in [0.3, 0.4) is 0 Å². The molecule has 0 heterocycles. The van der Waals surface area contributed by atoms with Gasteiger partial charge in [-0.05, 0) is 23.8 Å². The second-order valence-electron chi connectivity index (χ2n) is 4.10. The average Bonchev–Trinajstić information content (AvgIpc) is 2.36. The molecule has 0 saturated heterocycles. The summed E-state index contributed by atoms with van der Waals surface area (Å²) in [6, 6.07) is 9.07. The standard InChI is InChI=1S/C14H10BrClF2O/c15-10-4-2-1-3-8(10)5-14(19)9-6-13(18)11(16)7-12(9)17/h1-4,6-7,14,19H,5H2. The van der Waals surface area contributed by atoms with E-state index in [2.05, 4.69) is 15.9 Å². The van der Waals surface area contributed by atoms with Crippen molar-refractivity contribution in [1.82, 2.24) is 0 Å². The topological polar surface area (TPSA) is 20.2 Å². The number of benzene rings is 2. The first kappa shape index (κ1) is 14.4. The molecule has 5 heteroatoms. The summed E-state index contributed by atoms with van der Waals surface area (Å²) in [6.07, 6.45) is -0.954. The highest BCUT2D eigenvalue weighted by Gasteiger charge is 2.17. The number of halogens is 4. The van der Waals surface area contributed by atoms with E-state index in [0.717, 1.165) is 22.2 Å². The Morgan fingerprint density at radius 3 is 2.53 bits per heavy atom. The smallest absolute Gasteiger partial charge is 0.142 e. The van der Waals surface area contributed by atoms with Gasteiger partial charge in [0.2, 0.25) is 0 Å². The molecular formula is C14H10BrClF2O. The largest absolute Gasteiger partial charge is 0.388 e. The summed E-state index contributed by atoms with van der Waals surface area (Å²) in [4.78, 5) is 0. The molecule has 1 N–H and O–H groups in total. The normalized spacial score (nSPS) is 12.5. The van der Waals surface area contributed by atoms with Crippen molar-refractivity contribution in [2.75, 3.05) is 0 Å². The van der Waals surface area contributed by atoms with Crippen molar-refractivity contribution in [3.8, 4) is 0 Å². The number of aliphatic hydroxyl groups is 1. The molecule has 0 bridgehead atoms. The van der Waals surface area contributed by atoms with E-state index in [9.17, 15) is 13.9 Å². The minimum atomic E-state index is -1.13. The lowest BCUT2D eigenvalue weighted by molar-refractivity contribution is 0.173. The molecule has 2 rings (SSSR count). The molecule has 0 aliphatic heterocycles. The highest BCUT2D eigenvalue weighted by Crippen LogP contribution is 2.28. The van der Waals surface area contributed by atoms with Crippen LogP contribution in [0.15, 0.2) is 40.9 Å². The molecule has 0 saturated carbocycles. The van der Waals surface area contributed by atoms with Crippen molar-refractivity contribution in [2.45, 2.75) is 12.5 Å². The molecule has 2 aromatic rings. The van der Waals surface area contributed by atoms with Crippen LogP contribution in [0.4, 0.5) is 8.78 Å². The minimum Gasteiger partial charge on any atom is -0.388 e. The fourth-order valence-electron chi connectivity index (χ4n) is 1.78. The van der Waals surface area contributed by atoms with E-state index in [0.29, 0.717) is 0 Å². The van der Waals surface area contributed by atoms with Crippen molar-refractivity contribution < 1.29 is 13.9 Å². The van der Waals surface area contributed by atoms with Crippen LogP contribution in [0.2, 0.25) is 5.02 Å². The highest BCUT2D eigenvalue weighted by atomic mass is 79.9. The summed E-state index contributed by atoms with van der Waals surface area (Å²) in [5.41, 5.74) is 0.711. The van der Waals surface area contributed by atoms with Crippen LogP contribution in [0, 0.1) is 11.6 Å². The summed E-state index contributed by atoms with van der Waals surface area (Å²) < 4.78 is 27.8. The zero-order valence-electron chi connectivity index (χ0n) is 9.71. The molecule has 0 spiro atoms. The second-order valence-corrected chi connectivity index (χ2v) is 5.36. The summed E-state index contributed by atoms with van der Waals surface area (Å²) in [5.74, 6) is -1.46. The van der Waals surface area contributed by atoms with Crippen molar-refractivity contribution in [3.63, 3.8) is 0 Å². The lowest BCUT2D eigenvalue weighted by atomic mass is 10.0. The van der Waals surface area contributed by atoms with Gasteiger partial charge in [-0.25, -0.2) is 8.78 Å². The maximum absolute atomic E-state index is 13.7. The van der Waals surface area contributed by atoms with E-state index in [1.54, 1.807) is 6.07 Å². The van der Waals surface area contributed by atoms with Crippen LogP contribution in [0.5, 0.6) is 0 Å². The van der Waals surface area contributed by atoms with E-state index < -0.39 is 17.7 Å². The Labute approximate surface area is 123 Å². The van der Waals surface area contributed by atoms with E-state index in [1.165, 1.54) is 0 Å². The fourth-order valence-corrected chi connectivity index (χ4v) is 2.37. The van der Waals surface area contributed by atoms with Gasteiger partial charge in [0.1, 0.15) is 11.6 Å². The van der Waals surface area contributed by atoms with Crippen molar-refractivity contribution >= 4 is 27.5 Å². The number of rotatable bonds is 3. The van der Waals surface area contributed by atoms with Gasteiger partial charge in [-0.2, -0.15) is 0 Å². The summed E-state index contributed by atoms with van der Waals surface area (Å²) in [7, 11) is 0. The fraction of sp³-hybridized carbons (Fsp3) is 0.143. The van der Waals surface area contributed by atoms with Gasteiger partial charge in [0.15, 0.2) is 0 Å². The van der Waals surface area contributed by atoms with Crippen LogP contribution in [0.25, 0.3) is 0 Å². The lowest BCUT2D eigenvalue weighted by Gasteiger charge is -2.13. The Balaban J connectivity index is 2.28. The molecular weight excluding hydrogens is 338 g/mol. The molecule has 0 radical (unpaired) electrons. The van der Waals surface area contributed by atoms with Crippen molar-refractivity contribution in [1.29, 1.82) is 0 Å². The van der Waals surface area contributed by atoms with Crippen LogP contribution < -0.4 is 0 Å². The Kier molecular flexibility index (Phi) is 4.55. The van der Waals surface area contributed by atoms with Crippen molar-refractivity contribution in [2.24, 2.45) is 0 Å². The number of hydrogen-bond donors (Lipinski definition) is 1. The SMILES string of the molecule is OC(Cc1ccccc1Br)c1cc(F)c(Cl)cc1F. The first-order valence-corrected chi connectivity index (χ1v) is 6.72. The monoisotopic (exact) mass is 346 g/mol. The predicted molar refractivity (Wildman–Crippen MR) is 74.2 cm³/mol. The minimum absolute atomic E-state index is 0.0994. The molecule has 0 aromatic heterocycles. The molecule has 19 heavy (non-hydrogen) atoms. The van der Waals surface area contributed by atoms with Crippen LogP contribution in [-0.4, -0.2) is 5.11 Å². The van der Waals surface area contributed by atoms with E-state index in [-0.39, 0.29) is 17.0 Å². The molecule has 1 nitrogen and oxygen atoms in total. The van der Waals surface area contributed by atoms with Gasteiger partial charge in [-0.15, -0.1) is 0 Å². The summed E-state index contributed by atoms with van der Waals surface area (Å²) in [6.45, 7) is 0. The third-order valence-corrected chi connectivity index (χ3v) is 3.83. The van der Waals surface area contributed by atoms with E-state index >= 15 is 0 Å². The van der Waals surface area contributed by atoms with Crippen LogP contribution in [-0.2, 0) is 6.42 Å². The molecule has 0 aliphatic carbocycles. The Bertz CT molecular complexity index is 604. The van der Waals surface area contributed by atoms with E-state index in [4.69, 9.17) is 11.6 Å². The van der Waals surface area contributed by atoms with Gasteiger partial charge in [0, 0.05) is 16.5 Å². The third-order valence-electron chi connectivity index (χ3n) is 2.77. The highest BCUT2D eigenvalue weighted by molar-refractivity contribution is 9.10. The maximum atomic E-state index is 13.7. The third kappa shape index (κ3) is 3.32. The maximum Gasteiger partial charge on any atom is 0.142 e. The first-order valence-electron chi connectivity index (χ1n) is 5.55. The zero-order chi connectivity index (χ0) is 14.0. The molecule has 0 aliphatic rings. The molecule has 100 valence electrons. The average molecular weight is 348 g/mol. The van der Waals surface area contributed by atoms with Crippen molar-refractivity contribution in [3.05, 3.63) is 68.7 Å². The second kappa shape index (κ2) is 5.99. The van der Waals surface area contributed by atoms with Gasteiger partial charge >= 0.3 is 0 Å². The van der Waals surface area contributed by atoms with Gasteiger partial charge < -0.3 is 5.11 Å². The summed E-state index contributed by atoms with van der Waals surface area (Å²) in [5, 5.41) is 9.73. The Morgan fingerprint density at radius 2 is 1.84 bits per heavy atom. The molecule has 2 aromatic carbocycles. The molecule has 1 unspecified atom stereocenters. The number of aliphatic hydroxyl groups excluding tert-OH is 1. The van der Waals surface area contributed by atoms with Gasteiger partial charge in [-0.1, -0.05) is 45.7 Å². The van der Waals surface area contributed by atoms with E-state index in [1.807, 2.05) is 18.2 Å². The Morgan fingerprint density at radius 1 is 1.16 bits per heavy atom. The molecule has 0 fully saturated rings. The quantitative estimate of drug-likeness (QED) is 0.801. The Hall–Kier alpha value is -0.970. The molecule has 1 atom stereocenters. The van der Waals surface area contributed by atoms with Crippen LogP contribution >= 0.6 is 27.5 Å². The predicted octanol–water partition coefficient (Wildman–Crippen LogP) is 4.66. The lowest BCUT2D eigenvalue weighted by Crippen LogP contribution is -2.06. The number of hydrogen-bond acceptors (Lipinski definition) is 1. The van der Waals surface area contributed by atoms with Gasteiger partial charge in [-0.3, -0.25) is 0 Å².